The molecular formula is C13H8ClN3O3. The minimum absolute atomic E-state index is 0.0775. The van der Waals surface area contributed by atoms with Crippen LogP contribution < -0.4 is 4.74 Å². The number of rotatable bonds is 4. The molecule has 6 nitrogen and oxygen atoms in total. The summed E-state index contributed by atoms with van der Waals surface area (Å²) in [7, 11) is 0. The van der Waals surface area contributed by atoms with Gasteiger partial charge in [-0.3, -0.25) is 15.1 Å². The van der Waals surface area contributed by atoms with Gasteiger partial charge in [0.2, 0.25) is 0 Å². The van der Waals surface area contributed by atoms with E-state index in [4.69, 9.17) is 21.6 Å². The van der Waals surface area contributed by atoms with Crippen LogP contribution in [0.15, 0.2) is 36.7 Å². The maximum absolute atomic E-state index is 10.9. The Balaban J connectivity index is 2.24. The lowest BCUT2D eigenvalue weighted by molar-refractivity contribution is -0.386. The van der Waals surface area contributed by atoms with Gasteiger partial charge in [0.05, 0.1) is 21.6 Å². The Morgan fingerprint density at radius 1 is 1.45 bits per heavy atom. The molecule has 0 aliphatic heterocycles. The Bertz CT molecular complexity index is 698. The fraction of sp³-hybridized carbons (Fsp3) is 0.0769. The van der Waals surface area contributed by atoms with Crippen LogP contribution in [-0.2, 0) is 6.61 Å². The van der Waals surface area contributed by atoms with Gasteiger partial charge in [0.15, 0.2) is 5.75 Å². The zero-order chi connectivity index (χ0) is 14.5. The molecule has 0 saturated heterocycles. The van der Waals surface area contributed by atoms with E-state index in [9.17, 15) is 10.1 Å². The van der Waals surface area contributed by atoms with Crippen LogP contribution in [0.1, 0.15) is 11.1 Å². The first kappa shape index (κ1) is 13.8. The van der Waals surface area contributed by atoms with E-state index in [1.54, 1.807) is 12.3 Å². The zero-order valence-electron chi connectivity index (χ0n) is 10.1. The predicted molar refractivity (Wildman–Crippen MR) is 71.4 cm³/mol. The van der Waals surface area contributed by atoms with Crippen molar-refractivity contribution in [3.05, 3.63) is 62.9 Å². The molecule has 2 aromatic rings. The minimum atomic E-state index is -0.593. The largest absolute Gasteiger partial charge is 0.482 e. The number of nitriles is 1. The van der Waals surface area contributed by atoms with Gasteiger partial charge >= 0.3 is 5.69 Å². The number of benzene rings is 1. The normalized spacial score (nSPS) is 9.80. The number of nitro benzene ring substituents is 1. The second-order valence-corrected chi connectivity index (χ2v) is 4.21. The highest BCUT2D eigenvalue weighted by molar-refractivity contribution is 6.31. The summed E-state index contributed by atoms with van der Waals surface area (Å²) >= 11 is 5.92. The van der Waals surface area contributed by atoms with Crippen LogP contribution in [0.25, 0.3) is 0 Å². The molecule has 100 valence electrons. The second kappa shape index (κ2) is 5.99. The predicted octanol–water partition coefficient (Wildman–Crippen LogP) is 3.09. The van der Waals surface area contributed by atoms with Crippen LogP contribution in [0.3, 0.4) is 0 Å². The molecule has 0 aliphatic rings. The molecule has 1 aromatic heterocycles. The summed E-state index contributed by atoms with van der Waals surface area (Å²) in [4.78, 5) is 14.2. The fourth-order valence-electron chi connectivity index (χ4n) is 1.53. The van der Waals surface area contributed by atoms with Gasteiger partial charge in [0.25, 0.3) is 0 Å². The van der Waals surface area contributed by atoms with Gasteiger partial charge < -0.3 is 4.74 Å². The van der Waals surface area contributed by atoms with Crippen molar-refractivity contribution in [2.45, 2.75) is 6.61 Å². The lowest BCUT2D eigenvalue weighted by atomic mass is 10.2. The lowest BCUT2D eigenvalue weighted by Gasteiger charge is -2.08. The van der Waals surface area contributed by atoms with Gasteiger partial charge in [0.1, 0.15) is 6.61 Å². The third-order valence-electron chi connectivity index (χ3n) is 2.52. The number of hydrogen-bond acceptors (Lipinski definition) is 5. The minimum Gasteiger partial charge on any atom is -0.482 e. The molecule has 0 fully saturated rings. The van der Waals surface area contributed by atoms with Crippen molar-refractivity contribution in [2.24, 2.45) is 0 Å². The highest BCUT2D eigenvalue weighted by Gasteiger charge is 2.16. The van der Waals surface area contributed by atoms with Crippen LogP contribution in [-0.4, -0.2) is 9.91 Å². The molecule has 0 N–H and O–H groups in total. The van der Waals surface area contributed by atoms with E-state index in [1.807, 2.05) is 6.07 Å². The van der Waals surface area contributed by atoms with Crippen molar-refractivity contribution in [3.63, 3.8) is 0 Å². The van der Waals surface area contributed by atoms with E-state index in [0.717, 1.165) is 0 Å². The van der Waals surface area contributed by atoms with Gasteiger partial charge in [-0.1, -0.05) is 11.6 Å². The van der Waals surface area contributed by atoms with E-state index in [0.29, 0.717) is 10.6 Å². The van der Waals surface area contributed by atoms with Crippen molar-refractivity contribution in [1.29, 1.82) is 5.26 Å². The van der Waals surface area contributed by atoms with E-state index in [-0.39, 0.29) is 23.6 Å². The maximum Gasteiger partial charge on any atom is 0.312 e. The summed E-state index contributed by atoms with van der Waals surface area (Å²) in [6, 6.07) is 7.53. The fourth-order valence-corrected chi connectivity index (χ4v) is 1.70. The van der Waals surface area contributed by atoms with Crippen LogP contribution in [0.4, 0.5) is 5.69 Å². The molecule has 0 radical (unpaired) electrons. The quantitative estimate of drug-likeness (QED) is 0.637. The smallest absolute Gasteiger partial charge is 0.312 e. The van der Waals surface area contributed by atoms with E-state index < -0.39 is 4.92 Å². The highest BCUT2D eigenvalue weighted by Crippen LogP contribution is 2.29. The summed E-state index contributed by atoms with van der Waals surface area (Å²) in [5.41, 5.74) is 0.612. The standard InChI is InChI=1S/C13H8ClN3O3/c14-11-7-16-4-3-10(11)8-20-13-2-1-9(6-15)5-12(13)17(18)19/h1-5,7H,8H2. The molecule has 0 aliphatic carbocycles. The van der Waals surface area contributed by atoms with Gasteiger partial charge in [0, 0.05) is 24.0 Å². The Hall–Kier alpha value is -2.65. The molecular weight excluding hydrogens is 282 g/mol. The van der Waals surface area contributed by atoms with Crippen molar-refractivity contribution in [3.8, 4) is 11.8 Å². The number of pyridine rings is 1. The molecule has 0 atom stereocenters. The van der Waals surface area contributed by atoms with Crippen LogP contribution in [0, 0.1) is 21.4 Å². The number of nitro groups is 1. The number of nitrogens with zero attached hydrogens (tertiary/aromatic N) is 3. The number of halogens is 1. The lowest BCUT2D eigenvalue weighted by Crippen LogP contribution is -2.00. The van der Waals surface area contributed by atoms with Crippen molar-refractivity contribution < 1.29 is 9.66 Å². The van der Waals surface area contributed by atoms with Crippen molar-refractivity contribution in [2.75, 3.05) is 0 Å². The van der Waals surface area contributed by atoms with Crippen LogP contribution in [0.2, 0.25) is 5.02 Å². The maximum atomic E-state index is 10.9. The van der Waals surface area contributed by atoms with Crippen molar-refractivity contribution >= 4 is 17.3 Å². The topological polar surface area (TPSA) is 89.0 Å². The van der Waals surface area contributed by atoms with Gasteiger partial charge in [-0.05, 0) is 18.2 Å². The molecule has 20 heavy (non-hydrogen) atoms. The monoisotopic (exact) mass is 289 g/mol. The first-order valence-electron chi connectivity index (χ1n) is 5.51. The average Bonchev–Trinajstić information content (AvgIpc) is 2.46. The van der Waals surface area contributed by atoms with Crippen LogP contribution >= 0.6 is 11.6 Å². The summed E-state index contributed by atoms with van der Waals surface area (Å²) < 4.78 is 5.40. The Morgan fingerprint density at radius 3 is 2.90 bits per heavy atom. The third kappa shape index (κ3) is 3.02. The zero-order valence-corrected chi connectivity index (χ0v) is 10.9. The van der Waals surface area contributed by atoms with E-state index in [1.165, 1.54) is 24.4 Å². The van der Waals surface area contributed by atoms with E-state index in [2.05, 4.69) is 4.98 Å². The molecule has 1 heterocycles. The van der Waals surface area contributed by atoms with Gasteiger partial charge in [-0.15, -0.1) is 0 Å². The summed E-state index contributed by atoms with van der Waals surface area (Å²) in [6.07, 6.45) is 3.02. The number of aromatic nitrogens is 1. The molecule has 0 unspecified atom stereocenters. The second-order valence-electron chi connectivity index (χ2n) is 3.81. The number of ether oxygens (including phenoxy) is 1. The average molecular weight is 290 g/mol. The molecule has 2 rings (SSSR count). The molecule has 0 saturated carbocycles. The SMILES string of the molecule is N#Cc1ccc(OCc2ccncc2Cl)c([N+](=O)[O-])c1. The third-order valence-corrected chi connectivity index (χ3v) is 2.86. The Labute approximate surface area is 119 Å². The Morgan fingerprint density at radius 2 is 2.25 bits per heavy atom. The van der Waals surface area contributed by atoms with Crippen LogP contribution in [0.5, 0.6) is 5.75 Å². The van der Waals surface area contributed by atoms with Gasteiger partial charge in [-0.2, -0.15) is 5.26 Å². The summed E-state index contributed by atoms with van der Waals surface area (Å²) in [5.74, 6) is 0.0851. The molecule has 0 amide bonds. The summed E-state index contributed by atoms with van der Waals surface area (Å²) in [6.45, 7) is 0.0775. The number of hydrogen-bond donors (Lipinski definition) is 0. The molecule has 0 spiro atoms. The summed E-state index contributed by atoms with van der Waals surface area (Å²) in [5, 5.41) is 20.1. The van der Waals surface area contributed by atoms with Crippen molar-refractivity contribution in [1.82, 2.24) is 4.98 Å². The van der Waals surface area contributed by atoms with E-state index >= 15 is 0 Å². The molecule has 0 bridgehead atoms. The van der Waals surface area contributed by atoms with Gasteiger partial charge in [-0.25, -0.2) is 0 Å². The highest BCUT2D eigenvalue weighted by atomic mass is 35.5. The Kier molecular flexibility index (Phi) is 4.13. The first-order valence-corrected chi connectivity index (χ1v) is 5.89. The first-order chi connectivity index (χ1) is 9.61. The molecule has 1 aromatic carbocycles. The molecule has 7 heteroatoms.